The molecule has 110 valence electrons. The molecule has 0 amide bonds. The summed E-state index contributed by atoms with van der Waals surface area (Å²) in [5.41, 5.74) is 0.571. The summed E-state index contributed by atoms with van der Waals surface area (Å²) >= 11 is 0. The maximum Gasteiger partial charge on any atom is 0.199 e. The number of carbonyl (C=O) groups is 1. The second-order valence-electron chi connectivity index (χ2n) is 4.71. The molecule has 0 heterocycles. The van der Waals surface area contributed by atoms with Crippen LogP contribution in [-0.4, -0.2) is 12.9 Å². The SMILES string of the molecule is COc1cc(C)c(C(=O)c2c(F)cc(F)cc2F)cc1C. The van der Waals surface area contributed by atoms with Gasteiger partial charge in [0.05, 0.1) is 12.7 Å². The number of ketones is 1. The zero-order chi connectivity index (χ0) is 15.7. The first-order chi connectivity index (χ1) is 9.85. The predicted octanol–water partition coefficient (Wildman–Crippen LogP) is 3.96. The van der Waals surface area contributed by atoms with Crippen molar-refractivity contribution < 1.29 is 22.7 Å². The van der Waals surface area contributed by atoms with Crippen molar-refractivity contribution in [2.45, 2.75) is 13.8 Å². The van der Waals surface area contributed by atoms with Crippen LogP contribution < -0.4 is 4.74 Å². The third-order valence-corrected chi connectivity index (χ3v) is 3.22. The molecule has 2 nitrogen and oxygen atoms in total. The van der Waals surface area contributed by atoms with Crippen molar-refractivity contribution in [3.05, 3.63) is 64.0 Å². The van der Waals surface area contributed by atoms with Crippen molar-refractivity contribution in [3.8, 4) is 5.75 Å². The van der Waals surface area contributed by atoms with E-state index in [0.717, 1.165) is 0 Å². The zero-order valence-corrected chi connectivity index (χ0v) is 11.8. The van der Waals surface area contributed by atoms with E-state index in [9.17, 15) is 18.0 Å². The van der Waals surface area contributed by atoms with E-state index in [0.29, 0.717) is 29.0 Å². The number of methoxy groups -OCH3 is 1. The summed E-state index contributed by atoms with van der Waals surface area (Å²) in [6.45, 7) is 3.35. The first-order valence-corrected chi connectivity index (χ1v) is 6.19. The van der Waals surface area contributed by atoms with Crippen LogP contribution in [0.1, 0.15) is 27.0 Å². The van der Waals surface area contributed by atoms with Gasteiger partial charge in [0.25, 0.3) is 0 Å². The lowest BCUT2D eigenvalue weighted by Gasteiger charge is -2.11. The second kappa shape index (κ2) is 5.60. The summed E-state index contributed by atoms with van der Waals surface area (Å²) in [7, 11) is 1.49. The molecule has 0 radical (unpaired) electrons. The molecule has 21 heavy (non-hydrogen) atoms. The highest BCUT2D eigenvalue weighted by molar-refractivity contribution is 6.10. The van der Waals surface area contributed by atoms with Gasteiger partial charge in [0, 0.05) is 17.7 Å². The first kappa shape index (κ1) is 15.1. The Morgan fingerprint density at radius 2 is 1.52 bits per heavy atom. The van der Waals surface area contributed by atoms with Gasteiger partial charge in [-0.3, -0.25) is 4.79 Å². The number of aryl methyl sites for hydroxylation is 2. The number of ether oxygens (including phenoxy) is 1. The van der Waals surface area contributed by atoms with Crippen molar-refractivity contribution in [1.29, 1.82) is 0 Å². The quantitative estimate of drug-likeness (QED) is 0.801. The van der Waals surface area contributed by atoms with Crippen LogP contribution in [0.4, 0.5) is 13.2 Å². The molecule has 5 heteroatoms. The maximum atomic E-state index is 13.7. The van der Waals surface area contributed by atoms with Crippen molar-refractivity contribution in [1.82, 2.24) is 0 Å². The largest absolute Gasteiger partial charge is 0.496 e. The third kappa shape index (κ3) is 2.77. The summed E-state index contributed by atoms with van der Waals surface area (Å²) < 4.78 is 45.4. The average molecular weight is 294 g/mol. The summed E-state index contributed by atoms with van der Waals surface area (Å²) in [5.74, 6) is -3.75. The molecular formula is C16H13F3O2. The van der Waals surface area contributed by atoms with E-state index >= 15 is 0 Å². The molecule has 0 aliphatic rings. The summed E-state index contributed by atoms with van der Waals surface area (Å²) in [6, 6.07) is 4.09. The van der Waals surface area contributed by atoms with Crippen LogP contribution in [0.5, 0.6) is 5.75 Å². The molecule has 0 saturated carbocycles. The van der Waals surface area contributed by atoms with Crippen LogP contribution in [0.2, 0.25) is 0 Å². The predicted molar refractivity (Wildman–Crippen MR) is 72.2 cm³/mol. The van der Waals surface area contributed by atoms with Crippen molar-refractivity contribution in [2.24, 2.45) is 0 Å². The van der Waals surface area contributed by atoms with Crippen LogP contribution >= 0.6 is 0 Å². The standard InChI is InChI=1S/C16H13F3O2/c1-8-5-14(21-3)9(2)4-11(8)16(20)15-12(18)6-10(17)7-13(15)19/h4-7H,1-3H3. The van der Waals surface area contributed by atoms with E-state index in [1.807, 2.05) is 0 Å². The summed E-state index contributed by atoms with van der Waals surface area (Å²) in [4.78, 5) is 12.3. The Morgan fingerprint density at radius 1 is 0.952 bits per heavy atom. The van der Waals surface area contributed by atoms with Gasteiger partial charge < -0.3 is 4.74 Å². The average Bonchev–Trinajstić information content (AvgIpc) is 2.39. The number of rotatable bonds is 3. The lowest BCUT2D eigenvalue weighted by molar-refractivity contribution is 0.103. The zero-order valence-electron chi connectivity index (χ0n) is 11.8. The van der Waals surface area contributed by atoms with Crippen LogP contribution in [0, 0.1) is 31.3 Å². The highest BCUT2D eigenvalue weighted by Gasteiger charge is 2.22. The first-order valence-electron chi connectivity index (χ1n) is 6.19. The summed E-state index contributed by atoms with van der Waals surface area (Å²) in [6.07, 6.45) is 0. The van der Waals surface area contributed by atoms with E-state index in [1.54, 1.807) is 19.9 Å². The molecule has 0 aliphatic heterocycles. The highest BCUT2D eigenvalue weighted by Crippen LogP contribution is 2.26. The van der Waals surface area contributed by atoms with E-state index < -0.39 is 28.8 Å². The van der Waals surface area contributed by atoms with Crippen LogP contribution in [-0.2, 0) is 0 Å². The van der Waals surface area contributed by atoms with Gasteiger partial charge >= 0.3 is 0 Å². The van der Waals surface area contributed by atoms with E-state index in [4.69, 9.17) is 4.74 Å². The summed E-state index contributed by atoms with van der Waals surface area (Å²) in [5, 5.41) is 0. The number of benzene rings is 2. The Morgan fingerprint density at radius 3 is 2.05 bits per heavy atom. The lowest BCUT2D eigenvalue weighted by atomic mass is 9.96. The van der Waals surface area contributed by atoms with Gasteiger partial charge in [0.15, 0.2) is 5.78 Å². The van der Waals surface area contributed by atoms with Crippen molar-refractivity contribution in [3.63, 3.8) is 0 Å². The lowest BCUT2D eigenvalue weighted by Crippen LogP contribution is -2.10. The number of halogens is 3. The molecule has 0 saturated heterocycles. The number of hydrogen-bond donors (Lipinski definition) is 0. The van der Waals surface area contributed by atoms with Gasteiger partial charge in [-0.05, 0) is 37.1 Å². The molecule has 0 atom stereocenters. The van der Waals surface area contributed by atoms with Gasteiger partial charge in [-0.15, -0.1) is 0 Å². The smallest absolute Gasteiger partial charge is 0.199 e. The van der Waals surface area contributed by atoms with Gasteiger partial charge in [-0.25, -0.2) is 13.2 Å². The molecule has 0 unspecified atom stereocenters. The van der Waals surface area contributed by atoms with E-state index in [1.165, 1.54) is 13.2 Å². The minimum atomic E-state index is -1.22. The topological polar surface area (TPSA) is 26.3 Å². The monoisotopic (exact) mass is 294 g/mol. The normalized spacial score (nSPS) is 10.6. The number of hydrogen-bond acceptors (Lipinski definition) is 2. The van der Waals surface area contributed by atoms with Gasteiger partial charge in [-0.1, -0.05) is 0 Å². The third-order valence-electron chi connectivity index (χ3n) is 3.22. The Labute approximate surface area is 120 Å². The maximum absolute atomic E-state index is 13.7. The molecule has 0 aromatic heterocycles. The fraction of sp³-hybridized carbons (Fsp3) is 0.188. The van der Waals surface area contributed by atoms with Gasteiger partial charge in [0.2, 0.25) is 0 Å². The Bertz CT molecular complexity index is 701. The minimum Gasteiger partial charge on any atom is -0.496 e. The Kier molecular flexibility index (Phi) is 4.02. The highest BCUT2D eigenvalue weighted by atomic mass is 19.1. The molecule has 0 aliphatic carbocycles. The molecule has 2 aromatic rings. The fourth-order valence-electron chi connectivity index (χ4n) is 2.15. The van der Waals surface area contributed by atoms with Crippen LogP contribution in [0.25, 0.3) is 0 Å². The van der Waals surface area contributed by atoms with E-state index in [-0.39, 0.29) is 5.56 Å². The molecule has 0 fully saturated rings. The molecule has 0 N–H and O–H groups in total. The second-order valence-corrected chi connectivity index (χ2v) is 4.71. The number of carbonyl (C=O) groups excluding carboxylic acids is 1. The Hall–Kier alpha value is -2.30. The Balaban J connectivity index is 2.58. The van der Waals surface area contributed by atoms with Crippen molar-refractivity contribution >= 4 is 5.78 Å². The van der Waals surface area contributed by atoms with Crippen molar-refractivity contribution in [2.75, 3.05) is 7.11 Å². The van der Waals surface area contributed by atoms with Gasteiger partial charge in [-0.2, -0.15) is 0 Å². The molecule has 0 spiro atoms. The fourth-order valence-corrected chi connectivity index (χ4v) is 2.15. The molecule has 2 rings (SSSR count). The minimum absolute atomic E-state index is 0.151. The van der Waals surface area contributed by atoms with Crippen LogP contribution in [0.3, 0.4) is 0 Å². The van der Waals surface area contributed by atoms with E-state index in [2.05, 4.69) is 0 Å². The van der Waals surface area contributed by atoms with Crippen LogP contribution in [0.15, 0.2) is 24.3 Å². The molecular weight excluding hydrogens is 281 g/mol. The molecule has 0 bridgehead atoms. The van der Waals surface area contributed by atoms with Gasteiger partial charge in [0.1, 0.15) is 23.2 Å². The molecule has 2 aromatic carbocycles.